The molecule has 0 bridgehead atoms. The molecule has 0 aliphatic rings. The van der Waals surface area contributed by atoms with Gasteiger partial charge in [-0.25, -0.2) is 9.67 Å². The molecule has 2 aromatic rings. The number of nitrogens with one attached hydrogen (secondary N) is 1. The van der Waals surface area contributed by atoms with E-state index >= 15 is 0 Å². The molecule has 17 heavy (non-hydrogen) atoms. The monoisotopic (exact) mass is 252 g/mol. The zero-order valence-corrected chi connectivity index (χ0v) is 10.8. The van der Waals surface area contributed by atoms with Crippen molar-refractivity contribution in [1.29, 1.82) is 0 Å². The molecule has 2 heterocycles. The number of rotatable bonds is 6. The smallest absolute Gasteiger partial charge is 0.186 e. The van der Waals surface area contributed by atoms with Gasteiger partial charge in [0.25, 0.3) is 0 Å². The Hall–Kier alpha value is -1.27. The van der Waals surface area contributed by atoms with Gasteiger partial charge in [0.05, 0.1) is 12.8 Å². The lowest BCUT2D eigenvalue weighted by Gasteiger charge is -2.10. The molecule has 0 fully saturated rings. The molecule has 0 amide bonds. The van der Waals surface area contributed by atoms with Gasteiger partial charge >= 0.3 is 0 Å². The van der Waals surface area contributed by atoms with Crippen molar-refractivity contribution >= 4 is 11.8 Å². The maximum atomic E-state index is 5.24. The van der Waals surface area contributed by atoms with E-state index in [1.807, 2.05) is 19.2 Å². The van der Waals surface area contributed by atoms with Crippen LogP contribution in [0.25, 0.3) is 0 Å². The lowest BCUT2D eigenvalue weighted by atomic mass is 10.4. The van der Waals surface area contributed by atoms with Crippen LogP contribution < -0.4 is 5.32 Å². The Kier molecular flexibility index (Phi) is 4.22. The quantitative estimate of drug-likeness (QED) is 0.793. The molecule has 92 valence electrons. The van der Waals surface area contributed by atoms with Crippen molar-refractivity contribution in [3.05, 3.63) is 30.5 Å². The Morgan fingerprint density at radius 2 is 2.47 bits per heavy atom. The van der Waals surface area contributed by atoms with E-state index in [4.69, 9.17) is 4.42 Å². The van der Waals surface area contributed by atoms with E-state index in [1.54, 1.807) is 29.0 Å². The zero-order valence-electron chi connectivity index (χ0n) is 9.96. The van der Waals surface area contributed by atoms with Crippen molar-refractivity contribution in [3.63, 3.8) is 0 Å². The summed E-state index contributed by atoms with van der Waals surface area (Å²) >= 11 is 1.71. The molecular weight excluding hydrogens is 236 g/mol. The van der Waals surface area contributed by atoms with E-state index in [9.17, 15) is 0 Å². The minimum absolute atomic E-state index is 0.438. The van der Waals surface area contributed by atoms with E-state index in [0.717, 1.165) is 24.0 Å². The minimum atomic E-state index is 0.438. The SMILES string of the molecule is CC(CNCc1ccco1)Sc1ncnn1C. The molecule has 1 unspecified atom stereocenters. The number of furan rings is 1. The molecule has 6 heteroatoms. The van der Waals surface area contributed by atoms with Crippen LogP contribution in [-0.2, 0) is 13.6 Å². The van der Waals surface area contributed by atoms with Gasteiger partial charge in [0.1, 0.15) is 12.1 Å². The van der Waals surface area contributed by atoms with Crippen LogP contribution in [0, 0.1) is 0 Å². The number of hydrogen-bond acceptors (Lipinski definition) is 5. The predicted octanol–water partition coefficient (Wildman–Crippen LogP) is 1.68. The van der Waals surface area contributed by atoms with E-state index in [2.05, 4.69) is 22.3 Å². The Morgan fingerprint density at radius 3 is 3.12 bits per heavy atom. The summed E-state index contributed by atoms with van der Waals surface area (Å²) in [5.74, 6) is 0.959. The third kappa shape index (κ3) is 3.61. The van der Waals surface area contributed by atoms with Gasteiger partial charge in [0.15, 0.2) is 5.16 Å². The van der Waals surface area contributed by atoms with E-state index in [0.29, 0.717) is 5.25 Å². The molecule has 2 rings (SSSR count). The van der Waals surface area contributed by atoms with Crippen LogP contribution in [0.1, 0.15) is 12.7 Å². The third-order valence-corrected chi connectivity index (χ3v) is 3.44. The van der Waals surface area contributed by atoms with Gasteiger partial charge in [-0.15, -0.1) is 0 Å². The molecule has 1 N–H and O–H groups in total. The fourth-order valence-corrected chi connectivity index (χ4v) is 2.29. The summed E-state index contributed by atoms with van der Waals surface area (Å²) in [4.78, 5) is 4.18. The normalized spacial score (nSPS) is 12.8. The molecule has 0 radical (unpaired) electrons. The van der Waals surface area contributed by atoms with Crippen molar-refractivity contribution in [2.24, 2.45) is 7.05 Å². The molecule has 0 saturated heterocycles. The topological polar surface area (TPSA) is 55.9 Å². The largest absolute Gasteiger partial charge is 0.468 e. The second kappa shape index (κ2) is 5.88. The first-order chi connectivity index (χ1) is 8.25. The second-order valence-corrected chi connectivity index (χ2v) is 5.21. The Morgan fingerprint density at radius 1 is 1.59 bits per heavy atom. The van der Waals surface area contributed by atoms with E-state index in [1.165, 1.54) is 0 Å². The van der Waals surface area contributed by atoms with Crippen LogP contribution in [0.2, 0.25) is 0 Å². The van der Waals surface area contributed by atoms with Crippen molar-refractivity contribution in [3.8, 4) is 0 Å². The minimum Gasteiger partial charge on any atom is -0.468 e. The highest BCUT2D eigenvalue weighted by Gasteiger charge is 2.08. The first-order valence-electron chi connectivity index (χ1n) is 5.49. The average Bonchev–Trinajstić information content (AvgIpc) is 2.92. The summed E-state index contributed by atoms with van der Waals surface area (Å²) in [7, 11) is 1.90. The summed E-state index contributed by atoms with van der Waals surface area (Å²) in [6, 6.07) is 3.86. The standard InChI is InChI=1S/C11H16N4OS/c1-9(17-11-13-8-14-15(11)2)6-12-7-10-4-3-5-16-10/h3-5,8-9,12H,6-7H2,1-2H3. The molecule has 5 nitrogen and oxygen atoms in total. The van der Waals surface area contributed by atoms with Crippen LogP contribution in [0.5, 0.6) is 0 Å². The van der Waals surface area contributed by atoms with Gasteiger partial charge in [-0.05, 0) is 12.1 Å². The number of nitrogens with zero attached hydrogens (tertiary/aromatic N) is 3. The summed E-state index contributed by atoms with van der Waals surface area (Å²) in [6.45, 7) is 3.82. The predicted molar refractivity (Wildman–Crippen MR) is 66.7 cm³/mol. The highest BCUT2D eigenvalue weighted by molar-refractivity contribution is 7.99. The van der Waals surface area contributed by atoms with Gasteiger partial charge in [-0.1, -0.05) is 18.7 Å². The Labute approximate surface area is 105 Å². The van der Waals surface area contributed by atoms with Crippen LogP contribution in [0.15, 0.2) is 34.3 Å². The molecule has 0 aliphatic carbocycles. The molecule has 0 aromatic carbocycles. The molecular formula is C11H16N4OS. The molecule has 2 aromatic heterocycles. The number of aromatic nitrogens is 3. The van der Waals surface area contributed by atoms with Crippen LogP contribution in [-0.4, -0.2) is 26.6 Å². The van der Waals surface area contributed by atoms with Crippen molar-refractivity contribution in [1.82, 2.24) is 20.1 Å². The van der Waals surface area contributed by atoms with Gasteiger partial charge in [0.2, 0.25) is 0 Å². The highest BCUT2D eigenvalue weighted by Crippen LogP contribution is 2.18. The number of aryl methyl sites for hydroxylation is 1. The fraction of sp³-hybridized carbons (Fsp3) is 0.455. The van der Waals surface area contributed by atoms with Crippen LogP contribution >= 0.6 is 11.8 Å². The molecule has 1 atom stereocenters. The lowest BCUT2D eigenvalue weighted by molar-refractivity contribution is 0.484. The fourth-order valence-electron chi connectivity index (χ4n) is 1.43. The Bertz CT molecular complexity index is 440. The van der Waals surface area contributed by atoms with E-state index in [-0.39, 0.29) is 0 Å². The molecule has 0 aliphatic heterocycles. The van der Waals surface area contributed by atoms with Crippen molar-refractivity contribution in [2.45, 2.75) is 23.9 Å². The van der Waals surface area contributed by atoms with E-state index < -0.39 is 0 Å². The van der Waals surface area contributed by atoms with Crippen LogP contribution in [0.4, 0.5) is 0 Å². The summed E-state index contributed by atoms with van der Waals surface area (Å²) in [5.41, 5.74) is 0. The Balaban J connectivity index is 1.71. The van der Waals surface area contributed by atoms with Gasteiger partial charge in [-0.3, -0.25) is 0 Å². The first kappa shape index (κ1) is 12.2. The number of hydrogen-bond donors (Lipinski definition) is 1. The van der Waals surface area contributed by atoms with Crippen molar-refractivity contribution < 1.29 is 4.42 Å². The maximum absolute atomic E-state index is 5.24. The summed E-state index contributed by atoms with van der Waals surface area (Å²) in [5, 5.41) is 8.77. The average molecular weight is 252 g/mol. The maximum Gasteiger partial charge on any atom is 0.186 e. The second-order valence-electron chi connectivity index (χ2n) is 3.80. The molecule has 0 spiro atoms. The zero-order chi connectivity index (χ0) is 12.1. The summed E-state index contributed by atoms with van der Waals surface area (Å²) in [6.07, 6.45) is 3.26. The van der Waals surface area contributed by atoms with Crippen molar-refractivity contribution in [2.75, 3.05) is 6.54 Å². The number of thioether (sulfide) groups is 1. The molecule has 0 saturated carbocycles. The van der Waals surface area contributed by atoms with Gasteiger partial charge < -0.3 is 9.73 Å². The lowest BCUT2D eigenvalue weighted by Crippen LogP contribution is -2.22. The van der Waals surface area contributed by atoms with Crippen LogP contribution in [0.3, 0.4) is 0 Å². The van der Waals surface area contributed by atoms with Gasteiger partial charge in [-0.2, -0.15) is 5.10 Å². The van der Waals surface area contributed by atoms with Gasteiger partial charge in [0, 0.05) is 18.8 Å². The first-order valence-corrected chi connectivity index (χ1v) is 6.37. The summed E-state index contributed by atoms with van der Waals surface area (Å²) < 4.78 is 7.03. The highest BCUT2D eigenvalue weighted by atomic mass is 32.2. The third-order valence-electron chi connectivity index (χ3n) is 2.29.